The Morgan fingerprint density at radius 3 is 2.45 bits per heavy atom. The second kappa shape index (κ2) is 10.5. The lowest BCUT2D eigenvalue weighted by atomic mass is 10.1. The minimum atomic E-state index is -3.80. The Labute approximate surface area is 196 Å². The van der Waals surface area contributed by atoms with Crippen LogP contribution in [0.15, 0.2) is 46.9 Å². The van der Waals surface area contributed by atoms with E-state index in [2.05, 4.69) is 21.2 Å². The zero-order valence-electron chi connectivity index (χ0n) is 17.7. The molecular formula is C21H25BrClN3O4S. The molecule has 1 unspecified atom stereocenters. The van der Waals surface area contributed by atoms with Crippen LogP contribution in [0.4, 0.5) is 5.69 Å². The number of carbonyl (C=O) groups excluding carboxylic acids is 2. The fraction of sp³-hybridized carbons (Fsp3) is 0.333. The van der Waals surface area contributed by atoms with E-state index in [4.69, 9.17) is 11.6 Å². The fourth-order valence-electron chi connectivity index (χ4n) is 3.07. The van der Waals surface area contributed by atoms with Crippen LogP contribution in [0.5, 0.6) is 0 Å². The van der Waals surface area contributed by atoms with Gasteiger partial charge in [-0.25, -0.2) is 8.42 Å². The molecule has 0 heterocycles. The molecule has 0 spiro atoms. The number of hydrogen-bond donors (Lipinski definition) is 1. The normalized spacial score (nSPS) is 12.2. The molecule has 0 radical (unpaired) electrons. The Morgan fingerprint density at radius 1 is 1.19 bits per heavy atom. The molecule has 0 saturated heterocycles. The van der Waals surface area contributed by atoms with Gasteiger partial charge < -0.3 is 10.2 Å². The molecule has 0 fully saturated rings. The maximum Gasteiger partial charge on any atom is 0.244 e. The van der Waals surface area contributed by atoms with E-state index in [9.17, 15) is 18.0 Å². The van der Waals surface area contributed by atoms with Gasteiger partial charge >= 0.3 is 0 Å². The first-order chi connectivity index (χ1) is 14.4. The highest BCUT2D eigenvalue weighted by atomic mass is 79.9. The highest BCUT2D eigenvalue weighted by Crippen LogP contribution is 2.27. The molecule has 31 heavy (non-hydrogen) atoms. The molecule has 0 saturated carbocycles. The summed E-state index contributed by atoms with van der Waals surface area (Å²) in [6.45, 7) is 3.01. The van der Waals surface area contributed by atoms with Crippen molar-refractivity contribution in [3.8, 4) is 0 Å². The molecule has 1 N–H and O–H groups in total. The summed E-state index contributed by atoms with van der Waals surface area (Å²) in [5, 5.41) is 2.89. The van der Waals surface area contributed by atoms with Crippen LogP contribution >= 0.6 is 27.5 Å². The maximum atomic E-state index is 13.3. The molecule has 2 aromatic rings. The average Bonchev–Trinajstić information content (AvgIpc) is 2.70. The monoisotopic (exact) mass is 529 g/mol. The van der Waals surface area contributed by atoms with Crippen molar-refractivity contribution in [3.05, 3.63) is 63.1 Å². The van der Waals surface area contributed by atoms with Crippen LogP contribution in [0.25, 0.3) is 0 Å². The van der Waals surface area contributed by atoms with Crippen LogP contribution in [0, 0.1) is 6.92 Å². The molecule has 0 aliphatic rings. The molecule has 2 aromatic carbocycles. The summed E-state index contributed by atoms with van der Waals surface area (Å²) < 4.78 is 26.9. The largest absolute Gasteiger partial charge is 0.357 e. The first-order valence-electron chi connectivity index (χ1n) is 9.43. The smallest absolute Gasteiger partial charge is 0.244 e. The van der Waals surface area contributed by atoms with Gasteiger partial charge in [0.25, 0.3) is 0 Å². The van der Waals surface area contributed by atoms with E-state index in [1.807, 2.05) is 24.3 Å². The number of halogens is 2. The average molecular weight is 531 g/mol. The minimum absolute atomic E-state index is 0.138. The van der Waals surface area contributed by atoms with Gasteiger partial charge in [0.15, 0.2) is 0 Å². The van der Waals surface area contributed by atoms with Gasteiger partial charge in [-0.3, -0.25) is 13.9 Å². The predicted molar refractivity (Wildman–Crippen MR) is 127 cm³/mol. The second-order valence-corrected chi connectivity index (χ2v) is 10.4. The van der Waals surface area contributed by atoms with E-state index < -0.39 is 28.5 Å². The third-order valence-electron chi connectivity index (χ3n) is 4.77. The van der Waals surface area contributed by atoms with Crippen LogP contribution in [-0.2, 0) is 26.2 Å². The van der Waals surface area contributed by atoms with Crippen LogP contribution < -0.4 is 9.62 Å². The van der Waals surface area contributed by atoms with Crippen LogP contribution in [0.1, 0.15) is 18.1 Å². The van der Waals surface area contributed by atoms with E-state index in [1.165, 1.54) is 18.0 Å². The molecule has 10 heteroatoms. The maximum absolute atomic E-state index is 13.3. The number of nitrogens with zero attached hydrogens (tertiary/aromatic N) is 2. The highest BCUT2D eigenvalue weighted by molar-refractivity contribution is 9.10. The third kappa shape index (κ3) is 6.69. The van der Waals surface area contributed by atoms with Gasteiger partial charge in [0.05, 0.1) is 11.9 Å². The van der Waals surface area contributed by atoms with Crippen LogP contribution in [0.3, 0.4) is 0 Å². The van der Waals surface area contributed by atoms with Crippen molar-refractivity contribution in [1.29, 1.82) is 0 Å². The molecule has 2 rings (SSSR count). The Hall–Kier alpha value is -2.10. The summed E-state index contributed by atoms with van der Waals surface area (Å²) in [6.07, 6.45) is 1.03. The first-order valence-corrected chi connectivity index (χ1v) is 12.5. The van der Waals surface area contributed by atoms with Gasteiger partial charge in [-0.2, -0.15) is 0 Å². The predicted octanol–water partition coefficient (Wildman–Crippen LogP) is 3.34. The lowest BCUT2D eigenvalue weighted by Gasteiger charge is -2.31. The Balaban J connectivity index is 2.43. The summed E-state index contributed by atoms with van der Waals surface area (Å²) in [5.74, 6) is -0.867. The van der Waals surface area contributed by atoms with Crippen molar-refractivity contribution in [1.82, 2.24) is 10.2 Å². The van der Waals surface area contributed by atoms with Crippen molar-refractivity contribution in [3.63, 3.8) is 0 Å². The van der Waals surface area contributed by atoms with E-state index in [-0.39, 0.29) is 12.5 Å². The summed E-state index contributed by atoms with van der Waals surface area (Å²) in [7, 11) is -2.31. The first kappa shape index (κ1) is 25.2. The third-order valence-corrected chi connectivity index (χ3v) is 6.63. The lowest BCUT2D eigenvalue weighted by molar-refractivity contribution is -0.139. The summed E-state index contributed by atoms with van der Waals surface area (Å²) in [6, 6.07) is 11.4. The van der Waals surface area contributed by atoms with Crippen molar-refractivity contribution in [2.75, 3.05) is 24.2 Å². The summed E-state index contributed by atoms with van der Waals surface area (Å²) in [5.41, 5.74) is 1.77. The molecule has 1 atom stereocenters. The van der Waals surface area contributed by atoms with Crippen molar-refractivity contribution >= 4 is 55.1 Å². The Kier molecular flexibility index (Phi) is 8.50. The number of aryl methyl sites for hydroxylation is 1. The standard InChI is InChI=1S/C21H25BrClN3O4S/c1-14-8-9-18(23)11-19(14)26(31(4,29)30)13-20(27)25(15(2)21(28)24-3)12-16-6-5-7-17(22)10-16/h5-11,15H,12-13H2,1-4H3,(H,24,28). The topological polar surface area (TPSA) is 86.8 Å². The number of hydrogen-bond acceptors (Lipinski definition) is 4. The van der Waals surface area contributed by atoms with Gasteiger partial charge in [0.2, 0.25) is 21.8 Å². The van der Waals surface area contributed by atoms with E-state index in [0.29, 0.717) is 16.3 Å². The lowest BCUT2D eigenvalue weighted by Crippen LogP contribution is -2.50. The van der Waals surface area contributed by atoms with Crippen molar-refractivity contribution in [2.45, 2.75) is 26.4 Å². The molecule has 0 aromatic heterocycles. The quantitative estimate of drug-likeness (QED) is 0.567. The zero-order valence-corrected chi connectivity index (χ0v) is 20.9. The number of nitrogens with one attached hydrogen (secondary N) is 1. The Bertz CT molecular complexity index is 1080. The van der Waals surface area contributed by atoms with E-state index >= 15 is 0 Å². The summed E-state index contributed by atoms with van der Waals surface area (Å²) >= 11 is 9.47. The SMILES string of the molecule is CNC(=O)C(C)N(Cc1cccc(Br)c1)C(=O)CN(c1cc(Cl)ccc1C)S(C)(=O)=O. The number of amides is 2. The Morgan fingerprint density at radius 2 is 1.87 bits per heavy atom. The van der Waals surface area contributed by atoms with Gasteiger partial charge in [0, 0.05) is 23.1 Å². The van der Waals surface area contributed by atoms with Gasteiger partial charge in [-0.05, 0) is 49.2 Å². The molecule has 0 aliphatic heterocycles. The number of anilines is 1. The van der Waals surface area contributed by atoms with Gasteiger partial charge in [-0.1, -0.05) is 45.7 Å². The molecule has 0 bridgehead atoms. The number of sulfonamides is 1. The molecule has 7 nitrogen and oxygen atoms in total. The molecule has 2 amide bonds. The minimum Gasteiger partial charge on any atom is -0.357 e. The van der Waals surface area contributed by atoms with E-state index in [0.717, 1.165) is 20.6 Å². The van der Waals surface area contributed by atoms with E-state index in [1.54, 1.807) is 26.0 Å². The zero-order chi connectivity index (χ0) is 23.3. The number of likely N-dealkylation sites (N-methyl/N-ethyl adjacent to an activating group) is 1. The number of benzene rings is 2. The fourth-order valence-corrected chi connectivity index (χ4v) is 4.58. The number of rotatable bonds is 8. The van der Waals surface area contributed by atoms with Gasteiger partial charge in [-0.15, -0.1) is 0 Å². The number of carbonyl (C=O) groups is 2. The summed E-state index contributed by atoms with van der Waals surface area (Å²) in [4.78, 5) is 27.0. The van der Waals surface area contributed by atoms with Crippen molar-refractivity contribution in [2.24, 2.45) is 0 Å². The van der Waals surface area contributed by atoms with Crippen LogP contribution in [-0.4, -0.2) is 51.0 Å². The van der Waals surface area contributed by atoms with Crippen LogP contribution in [0.2, 0.25) is 5.02 Å². The highest BCUT2D eigenvalue weighted by Gasteiger charge is 2.30. The second-order valence-electron chi connectivity index (χ2n) is 7.14. The molecular weight excluding hydrogens is 506 g/mol. The molecule has 168 valence electrons. The molecule has 0 aliphatic carbocycles. The van der Waals surface area contributed by atoms with Crippen molar-refractivity contribution < 1.29 is 18.0 Å². The van der Waals surface area contributed by atoms with Gasteiger partial charge in [0.1, 0.15) is 12.6 Å².